The fraction of sp³-hybridized carbons (Fsp3) is 0.429. The maximum atomic E-state index is 13.2. The number of amides is 1. The molecule has 1 heterocycles. The van der Waals surface area contributed by atoms with Crippen molar-refractivity contribution in [3.63, 3.8) is 0 Å². The first-order valence-electron chi connectivity index (χ1n) is 9.08. The molecule has 2 aliphatic rings. The molecule has 1 aromatic carbocycles. The molecule has 0 aromatic heterocycles. The molecule has 3 rings (SSSR count). The Morgan fingerprint density at radius 2 is 1.85 bits per heavy atom. The first-order chi connectivity index (χ1) is 13.0. The smallest absolute Gasteiger partial charge is 0.340 e. The van der Waals surface area contributed by atoms with Crippen LogP contribution in [-0.4, -0.2) is 44.1 Å². The third-order valence-electron chi connectivity index (χ3n) is 5.26. The standard InChI is InChI=1S/C21H25NO5/c1-13-19(21(24)27-4)17(20(23)22(13)15-7-5-6-8-15)11-14-9-10-16(25-2)12-18(14)26-3/h9-12,15H,5-8H2,1-4H3/b17-11-. The van der Waals surface area contributed by atoms with E-state index < -0.39 is 5.97 Å². The van der Waals surface area contributed by atoms with Crippen molar-refractivity contribution in [2.75, 3.05) is 21.3 Å². The number of carbonyl (C=O) groups excluding carboxylic acids is 2. The Bertz CT molecular complexity index is 818. The van der Waals surface area contributed by atoms with Gasteiger partial charge in [-0.2, -0.15) is 0 Å². The van der Waals surface area contributed by atoms with E-state index in [-0.39, 0.29) is 11.9 Å². The van der Waals surface area contributed by atoms with Gasteiger partial charge >= 0.3 is 5.97 Å². The molecule has 1 amide bonds. The lowest BCUT2D eigenvalue weighted by Crippen LogP contribution is -2.34. The highest BCUT2D eigenvalue weighted by molar-refractivity contribution is 6.16. The summed E-state index contributed by atoms with van der Waals surface area (Å²) in [6, 6.07) is 5.48. The van der Waals surface area contributed by atoms with Gasteiger partial charge in [-0.3, -0.25) is 4.79 Å². The van der Waals surface area contributed by atoms with Gasteiger partial charge in [0, 0.05) is 23.4 Å². The molecule has 1 aromatic rings. The van der Waals surface area contributed by atoms with Gasteiger partial charge in [0.2, 0.25) is 0 Å². The minimum Gasteiger partial charge on any atom is -0.497 e. The topological polar surface area (TPSA) is 65.1 Å². The summed E-state index contributed by atoms with van der Waals surface area (Å²) in [6.45, 7) is 1.81. The zero-order chi connectivity index (χ0) is 19.6. The third kappa shape index (κ3) is 3.44. The molecule has 6 nitrogen and oxygen atoms in total. The second-order valence-electron chi connectivity index (χ2n) is 6.73. The van der Waals surface area contributed by atoms with Crippen molar-refractivity contribution in [3.05, 3.63) is 40.6 Å². The van der Waals surface area contributed by atoms with Gasteiger partial charge in [0.15, 0.2) is 0 Å². The van der Waals surface area contributed by atoms with Gasteiger partial charge in [0.05, 0.1) is 32.5 Å². The molecule has 0 radical (unpaired) electrons. The van der Waals surface area contributed by atoms with E-state index in [1.54, 1.807) is 43.4 Å². The predicted molar refractivity (Wildman–Crippen MR) is 101 cm³/mol. The number of hydrogen-bond donors (Lipinski definition) is 0. The highest BCUT2D eigenvalue weighted by Gasteiger charge is 2.41. The van der Waals surface area contributed by atoms with E-state index in [2.05, 4.69) is 0 Å². The van der Waals surface area contributed by atoms with Crippen molar-refractivity contribution in [1.29, 1.82) is 0 Å². The Hall–Kier alpha value is -2.76. The summed E-state index contributed by atoms with van der Waals surface area (Å²) in [5, 5.41) is 0. The summed E-state index contributed by atoms with van der Waals surface area (Å²) in [6.07, 6.45) is 5.81. The molecular weight excluding hydrogens is 346 g/mol. The fourth-order valence-electron chi connectivity index (χ4n) is 3.89. The quantitative estimate of drug-likeness (QED) is 0.587. The van der Waals surface area contributed by atoms with E-state index >= 15 is 0 Å². The number of ether oxygens (including phenoxy) is 3. The molecule has 27 heavy (non-hydrogen) atoms. The van der Waals surface area contributed by atoms with Crippen molar-refractivity contribution in [1.82, 2.24) is 4.90 Å². The number of methoxy groups -OCH3 is 3. The Kier molecular flexibility index (Phi) is 5.54. The Labute approximate surface area is 159 Å². The van der Waals surface area contributed by atoms with E-state index in [1.165, 1.54) is 7.11 Å². The molecule has 1 aliphatic carbocycles. The first kappa shape index (κ1) is 19.0. The molecular formula is C21H25NO5. The molecule has 0 spiro atoms. The summed E-state index contributed by atoms with van der Waals surface area (Å²) in [7, 11) is 4.46. The van der Waals surface area contributed by atoms with Crippen molar-refractivity contribution < 1.29 is 23.8 Å². The maximum absolute atomic E-state index is 13.2. The minimum atomic E-state index is -0.500. The van der Waals surface area contributed by atoms with E-state index in [1.807, 2.05) is 6.92 Å². The van der Waals surface area contributed by atoms with Gasteiger partial charge in [-0.25, -0.2) is 4.79 Å². The predicted octanol–water partition coefficient (Wildman–Crippen LogP) is 3.32. The number of rotatable bonds is 5. The molecule has 0 bridgehead atoms. The van der Waals surface area contributed by atoms with Gasteiger partial charge in [-0.05, 0) is 38.0 Å². The fourth-order valence-corrected chi connectivity index (χ4v) is 3.89. The van der Waals surface area contributed by atoms with Gasteiger partial charge in [0.1, 0.15) is 11.5 Å². The average Bonchev–Trinajstić information content (AvgIpc) is 3.28. The molecule has 1 saturated carbocycles. The lowest BCUT2D eigenvalue weighted by atomic mass is 10.0. The number of allylic oxidation sites excluding steroid dienone is 1. The van der Waals surface area contributed by atoms with Gasteiger partial charge in [0.25, 0.3) is 5.91 Å². The van der Waals surface area contributed by atoms with E-state index in [9.17, 15) is 9.59 Å². The van der Waals surface area contributed by atoms with Crippen molar-refractivity contribution in [2.24, 2.45) is 0 Å². The Morgan fingerprint density at radius 3 is 2.44 bits per heavy atom. The number of benzene rings is 1. The number of nitrogens with zero attached hydrogens (tertiary/aromatic N) is 1. The lowest BCUT2D eigenvalue weighted by Gasteiger charge is -2.25. The molecule has 0 N–H and O–H groups in total. The maximum Gasteiger partial charge on any atom is 0.340 e. The molecule has 144 valence electrons. The molecule has 0 saturated heterocycles. The van der Waals surface area contributed by atoms with Crippen LogP contribution in [0.4, 0.5) is 0 Å². The van der Waals surface area contributed by atoms with Crippen LogP contribution in [0.1, 0.15) is 38.2 Å². The molecule has 0 unspecified atom stereocenters. The van der Waals surface area contributed by atoms with Crippen LogP contribution in [0.3, 0.4) is 0 Å². The van der Waals surface area contributed by atoms with Gasteiger partial charge in [-0.15, -0.1) is 0 Å². The van der Waals surface area contributed by atoms with Gasteiger partial charge in [-0.1, -0.05) is 12.8 Å². The first-order valence-corrected chi connectivity index (χ1v) is 9.08. The van der Waals surface area contributed by atoms with Crippen LogP contribution in [0.25, 0.3) is 6.08 Å². The van der Waals surface area contributed by atoms with Crippen molar-refractivity contribution >= 4 is 18.0 Å². The van der Waals surface area contributed by atoms with Crippen LogP contribution in [0.15, 0.2) is 35.0 Å². The van der Waals surface area contributed by atoms with Crippen LogP contribution in [0.5, 0.6) is 11.5 Å². The zero-order valence-corrected chi connectivity index (χ0v) is 16.2. The highest BCUT2D eigenvalue weighted by atomic mass is 16.5. The molecule has 6 heteroatoms. The third-order valence-corrected chi connectivity index (χ3v) is 5.26. The Morgan fingerprint density at radius 1 is 1.15 bits per heavy atom. The van der Waals surface area contributed by atoms with Crippen LogP contribution in [0.2, 0.25) is 0 Å². The summed E-state index contributed by atoms with van der Waals surface area (Å²) >= 11 is 0. The monoisotopic (exact) mass is 371 g/mol. The average molecular weight is 371 g/mol. The summed E-state index contributed by atoms with van der Waals surface area (Å²) < 4.78 is 15.6. The lowest BCUT2D eigenvalue weighted by molar-refractivity contribution is -0.136. The van der Waals surface area contributed by atoms with E-state index in [0.29, 0.717) is 33.9 Å². The van der Waals surface area contributed by atoms with Crippen LogP contribution >= 0.6 is 0 Å². The van der Waals surface area contributed by atoms with E-state index in [0.717, 1.165) is 25.7 Å². The van der Waals surface area contributed by atoms with E-state index in [4.69, 9.17) is 14.2 Å². The van der Waals surface area contributed by atoms with Crippen molar-refractivity contribution in [2.45, 2.75) is 38.6 Å². The zero-order valence-electron chi connectivity index (χ0n) is 16.2. The highest BCUT2D eigenvalue weighted by Crippen LogP contribution is 2.38. The normalized spacial score (nSPS) is 19.2. The second kappa shape index (κ2) is 7.86. The second-order valence-corrected chi connectivity index (χ2v) is 6.73. The molecule has 0 atom stereocenters. The largest absolute Gasteiger partial charge is 0.497 e. The number of hydrogen-bond acceptors (Lipinski definition) is 5. The van der Waals surface area contributed by atoms with Crippen LogP contribution in [0, 0.1) is 0 Å². The van der Waals surface area contributed by atoms with Crippen LogP contribution < -0.4 is 9.47 Å². The summed E-state index contributed by atoms with van der Waals surface area (Å²) in [5.41, 5.74) is 2.03. The SMILES string of the molecule is COC(=O)C1=C(C)N(C2CCCC2)C(=O)/C1=C\c1ccc(OC)cc1OC. The van der Waals surface area contributed by atoms with Crippen LogP contribution in [-0.2, 0) is 14.3 Å². The number of esters is 1. The number of carbonyl (C=O) groups is 2. The minimum absolute atomic E-state index is 0.140. The van der Waals surface area contributed by atoms with Gasteiger partial charge < -0.3 is 19.1 Å². The van der Waals surface area contributed by atoms with Crippen molar-refractivity contribution in [3.8, 4) is 11.5 Å². The Balaban J connectivity index is 2.08. The summed E-state index contributed by atoms with van der Waals surface area (Å²) in [4.78, 5) is 27.4. The summed E-state index contributed by atoms with van der Waals surface area (Å²) in [5.74, 6) is 0.563. The molecule has 1 fully saturated rings. The molecule has 1 aliphatic heterocycles.